The van der Waals surface area contributed by atoms with Crippen molar-refractivity contribution >= 4 is 17.5 Å². The van der Waals surface area contributed by atoms with E-state index in [1.165, 1.54) is 25.3 Å². The lowest BCUT2D eigenvalue weighted by molar-refractivity contribution is -0.908. The number of halogens is 2. The second-order valence-electron chi connectivity index (χ2n) is 9.13. The Balaban J connectivity index is 1.41. The Bertz CT molecular complexity index is 652. The Morgan fingerprint density at radius 1 is 1.27 bits per heavy atom. The van der Waals surface area contributed by atoms with Gasteiger partial charge in [0.25, 0.3) is 5.91 Å². The third-order valence-electron chi connectivity index (χ3n) is 7.08. The Morgan fingerprint density at radius 2 is 1.85 bits per heavy atom. The molecule has 0 radical (unpaired) electrons. The van der Waals surface area contributed by atoms with Gasteiger partial charge in [-0.05, 0) is 75.3 Å². The number of likely N-dealkylation sites (N-methyl/N-ethyl adjacent to an activating group) is 1. The largest absolute Gasteiger partial charge is 0.345 e. The second-order valence-corrected chi connectivity index (χ2v) is 9.54. The van der Waals surface area contributed by atoms with E-state index in [-0.39, 0.29) is 23.3 Å². The van der Waals surface area contributed by atoms with Crippen LogP contribution in [0.5, 0.6) is 0 Å². The number of hydrogen-bond donors (Lipinski definition) is 2. The average Bonchev–Trinajstić information content (AvgIpc) is 2.55. The molecular formula is C21H29ClFN2O+. The molecule has 4 fully saturated rings. The quantitative estimate of drug-likeness (QED) is 0.810. The molecular weight excluding hydrogens is 351 g/mol. The molecule has 2 atom stereocenters. The monoisotopic (exact) mass is 379 g/mol. The van der Waals surface area contributed by atoms with Gasteiger partial charge in [-0.15, -0.1) is 0 Å². The zero-order valence-electron chi connectivity index (χ0n) is 15.7. The number of carbonyl (C=O) groups excluding carboxylic acids is 1. The lowest BCUT2D eigenvalue weighted by Crippen LogP contribution is -3.13. The summed E-state index contributed by atoms with van der Waals surface area (Å²) in [7, 11) is 1.94. The first-order valence-electron chi connectivity index (χ1n) is 9.92. The first-order chi connectivity index (χ1) is 12.3. The van der Waals surface area contributed by atoms with Crippen LogP contribution in [0.4, 0.5) is 4.39 Å². The van der Waals surface area contributed by atoms with E-state index in [0.29, 0.717) is 17.1 Å². The highest BCUT2D eigenvalue weighted by Crippen LogP contribution is 2.55. The highest BCUT2D eigenvalue weighted by atomic mass is 35.5. The number of quaternary nitrogens is 1. The molecule has 1 unspecified atom stereocenters. The molecule has 5 heteroatoms. The fraction of sp³-hybridized carbons (Fsp3) is 0.667. The van der Waals surface area contributed by atoms with Crippen LogP contribution in [0.1, 0.15) is 51.0 Å². The molecule has 26 heavy (non-hydrogen) atoms. The van der Waals surface area contributed by atoms with E-state index in [9.17, 15) is 9.18 Å². The van der Waals surface area contributed by atoms with Gasteiger partial charge in [0.1, 0.15) is 12.4 Å². The summed E-state index contributed by atoms with van der Waals surface area (Å²) < 4.78 is 14.1. The van der Waals surface area contributed by atoms with Crippen LogP contribution < -0.4 is 10.2 Å². The maximum Gasteiger partial charge on any atom is 0.278 e. The summed E-state index contributed by atoms with van der Waals surface area (Å²) in [5.41, 5.74) is 0.511. The number of benzene rings is 1. The Hall–Kier alpha value is -1.13. The number of hydrogen-bond acceptors (Lipinski definition) is 1. The predicted molar refractivity (Wildman–Crippen MR) is 101 cm³/mol. The molecule has 0 aliphatic heterocycles. The fourth-order valence-corrected chi connectivity index (χ4v) is 6.22. The topological polar surface area (TPSA) is 33.5 Å². The zero-order chi connectivity index (χ0) is 18.5. The molecule has 4 aliphatic carbocycles. The molecule has 4 aliphatic rings. The van der Waals surface area contributed by atoms with Gasteiger partial charge in [0, 0.05) is 5.54 Å². The van der Waals surface area contributed by atoms with Crippen molar-refractivity contribution in [2.75, 3.05) is 7.05 Å². The molecule has 4 saturated carbocycles. The van der Waals surface area contributed by atoms with Crippen LogP contribution in [0.2, 0.25) is 5.02 Å². The minimum Gasteiger partial charge on any atom is -0.345 e. The summed E-state index contributed by atoms with van der Waals surface area (Å²) in [6, 6.07) is 4.50. The van der Waals surface area contributed by atoms with Gasteiger partial charge in [-0.3, -0.25) is 4.79 Å². The van der Waals surface area contributed by atoms with E-state index in [1.54, 1.807) is 12.1 Å². The Labute approximate surface area is 160 Å². The molecule has 1 amide bonds. The summed E-state index contributed by atoms with van der Waals surface area (Å²) in [6.45, 7) is 2.33. The van der Waals surface area contributed by atoms with Gasteiger partial charge in [-0.1, -0.05) is 17.7 Å². The number of carbonyl (C=O) groups is 1. The van der Waals surface area contributed by atoms with Crippen molar-refractivity contribution in [2.45, 2.75) is 63.6 Å². The summed E-state index contributed by atoms with van der Waals surface area (Å²) in [4.78, 5) is 13.9. The number of amides is 1. The smallest absolute Gasteiger partial charge is 0.278 e. The standard InChI is InChI=1S/C21H28ClFN2O/c1-13(25(2)12-17-18(22)4-3-5-19(17)23)20(26)24-21-9-14-6-15(10-21)8-16(7-14)11-21/h3-5,13-16H,6-12H2,1-2H3,(H,24,26)/p+1/t13-,14?,15?,16?,21?/m0/s1. The van der Waals surface area contributed by atoms with Crippen molar-refractivity contribution in [1.29, 1.82) is 0 Å². The van der Waals surface area contributed by atoms with Gasteiger partial charge >= 0.3 is 0 Å². The van der Waals surface area contributed by atoms with Crippen LogP contribution in [-0.2, 0) is 11.3 Å². The molecule has 0 saturated heterocycles. The van der Waals surface area contributed by atoms with E-state index in [1.807, 2.05) is 14.0 Å². The van der Waals surface area contributed by atoms with Crippen LogP contribution in [0.3, 0.4) is 0 Å². The van der Waals surface area contributed by atoms with Gasteiger partial charge in [-0.2, -0.15) is 0 Å². The van der Waals surface area contributed by atoms with E-state index < -0.39 is 0 Å². The molecule has 0 heterocycles. The summed E-state index contributed by atoms with van der Waals surface area (Å²) >= 11 is 6.15. The van der Waals surface area contributed by atoms with Crippen LogP contribution in [0, 0.1) is 23.6 Å². The van der Waals surface area contributed by atoms with Gasteiger partial charge in [0.15, 0.2) is 6.04 Å². The van der Waals surface area contributed by atoms with Gasteiger partial charge in [0.05, 0.1) is 17.6 Å². The van der Waals surface area contributed by atoms with Gasteiger partial charge in [-0.25, -0.2) is 4.39 Å². The lowest BCUT2D eigenvalue weighted by Gasteiger charge is -2.57. The van der Waals surface area contributed by atoms with Crippen LogP contribution >= 0.6 is 11.6 Å². The minimum absolute atomic E-state index is 0.0238. The highest BCUT2D eigenvalue weighted by Gasteiger charge is 2.52. The van der Waals surface area contributed by atoms with E-state index in [0.717, 1.165) is 41.9 Å². The van der Waals surface area contributed by atoms with Crippen molar-refractivity contribution in [1.82, 2.24) is 5.32 Å². The van der Waals surface area contributed by atoms with Crippen LogP contribution in [0.25, 0.3) is 0 Å². The van der Waals surface area contributed by atoms with E-state index in [4.69, 9.17) is 11.6 Å². The van der Waals surface area contributed by atoms with Gasteiger partial charge in [0.2, 0.25) is 0 Å². The lowest BCUT2D eigenvalue weighted by atomic mass is 9.53. The molecule has 1 aromatic carbocycles. The van der Waals surface area contributed by atoms with Gasteiger partial charge < -0.3 is 10.2 Å². The summed E-state index contributed by atoms with van der Waals surface area (Å²) in [6.07, 6.45) is 7.53. The minimum atomic E-state index is -0.300. The van der Waals surface area contributed by atoms with Crippen molar-refractivity contribution in [3.8, 4) is 0 Å². The summed E-state index contributed by atoms with van der Waals surface area (Å²) in [5.74, 6) is 2.21. The van der Waals surface area contributed by atoms with Crippen molar-refractivity contribution in [3.63, 3.8) is 0 Å². The van der Waals surface area contributed by atoms with E-state index in [2.05, 4.69) is 5.32 Å². The van der Waals surface area contributed by atoms with E-state index >= 15 is 0 Å². The Morgan fingerprint density at radius 3 is 2.38 bits per heavy atom. The first-order valence-corrected chi connectivity index (χ1v) is 10.3. The second kappa shape index (κ2) is 6.79. The van der Waals surface area contributed by atoms with Crippen LogP contribution in [-0.4, -0.2) is 24.5 Å². The molecule has 4 bridgehead atoms. The summed E-state index contributed by atoms with van der Waals surface area (Å²) in [5, 5.41) is 3.86. The van der Waals surface area contributed by atoms with Crippen molar-refractivity contribution < 1.29 is 14.1 Å². The third-order valence-corrected chi connectivity index (χ3v) is 7.43. The molecule has 3 nitrogen and oxygen atoms in total. The normalized spacial score (nSPS) is 34.5. The molecule has 5 rings (SSSR count). The predicted octanol–water partition coefficient (Wildman–Crippen LogP) is 2.97. The number of rotatable bonds is 5. The fourth-order valence-electron chi connectivity index (χ4n) is 5.99. The molecule has 1 aromatic rings. The SMILES string of the molecule is C[C@@H](C(=O)NC12CC3CC(CC(C3)C1)C2)[NH+](C)Cc1c(F)cccc1Cl. The van der Waals surface area contributed by atoms with Crippen molar-refractivity contribution in [2.24, 2.45) is 17.8 Å². The van der Waals surface area contributed by atoms with Crippen molar-refractivity contribution in [3.05, 3.63) is 34.6 Å². The number of nitrogens with one attached hydrogen (secondary N) is 2. The maximum absolute atomic E-state index is 14.1. The third kappa shape index (κ3) is 3.38. The average molecular weight is 380 g/mol. The maximum atomic E-state index is 14.1. The highest BCUT2D eigenvalue weighted by molar-refractivity contribution is 6.31. The molecule has 142 valence electrons. The first kappa shape index (κ1) is 18.2. The molecule has 0 aromatic heterocycles. The van der Waals surface area contributed by atoms with Crippen LogP contribution in [0.15, 0.2) is 18.2 Å². The zero-order valence-corrected chi connectivity index (χ0v) is 16.4. The Kier molecular flexibility index (Phi) is 4.77. The molecule has 0 spiro atoms. The molecule has 2 N–H and O–H groups in total.